The van der Waals surface area contributed by atoms with Crippen LogP contribution in [0.25, 0.3) is 6.08 Å². The van der Waals surface area contributed by atoms with Crippen LogP contribution < -0.4 is 0 Å². The molecule has 8 heteroatoms. The Morgan fingerprint density at radius 3 is 2.97 bits per heavy atom. The van der Waals surface area contributed by atoms with Crippen LogP contribution >= 0.6 is 24.0 Å². The summed E-state index contributed by atoms with van der Waals surface area (Å²) in [6.07, 6.45) is 6.15. The van der Waals surface area contributed by atoms with E-state index in [-0.39, 0.29) is 30.3 Å². The second-order valence-corrected chi connectivity index (χ2v) is 8.92. The molecule has 1 aromatic rings. The van der Waals surface area contributed by atoms with Gasteiger partial charge in [0, 0.05) is 32.2 Å². The molecule has 2 fully saturated rings. The van der Waals surface area contributed by atoms with Crippen LogP contribution in [0.3, 0.4) is 0 Å². The first-order valence-electron chi connectivity index (χ1n) is 9.91. The van der Waals surface area contributed by atoms with Crippen molar-refractivity contribution in [1.82, 2.24) is 9.80 Å². The van der Waals surface area contributed by atoms with Crippen molar-refractivity contribution in [2.75, 3.05) is 19.7 Å². The average Bonchev–Trinajstić information content (AvgIpc) is 2.96. The molecule has 1 N–H and O–H groups in total. The number of likely N-dealkylation sites (tertiary alicyclic amines) is 1. The highest BCUT2D eigenvalue weighted by Crippen LogP contribution is 2.33. The molecule has 1 aromatic carbocycles. The Hall–Kier alpha value is -1.77. The number of rotatable bonds is 7. The summed E-state index contributed by atoms with van der Waals surface area (Å²) in [6, 6.07) is 6.17. The van der Waals surface area contributed by atoms with Gasteiger partial charge in [-0.1, -0.05) is 36.1 Å². The molecule has 0 aromatic heterocycles. The average molecular weight is 437 g/mol. The van der Waals surface area contributed by atoms with Crippen molar-refractivity contribution in [2.45, 2.75) is 44.6 Å². The third kappa shape index (κ3) is 5.65. The second-order valence-electron chi connectivity index (χ2n) is 7.24. The van der Waals surface area contributed by atoms with Gasteiger partial charge in [-0.2, -0.15) is 0 Å². The zero-order valence-electron chi connectivity index (χ0n) is 16.2. The van der Waals surface area contributed by atoms with Crippen LogP contribution in [0.15, 0.2) is 29.2 Å². The van der Waals surface area contributed by atoms with Crippen molar-refractivity contribution in [3.63, 3.8) is 0 Å². The predicted molar refractivity (Wildman–Crippen MR) is 117 cm³/mol. The van der Waals surface area contributed by atoms with Crippen molar-refractivity contribution in [2.24, 2.45) is 0 Å². The SMILES string of the molecule is O=C1/C(=C/c2cccc(F)c2)SC(=S)N1CCCC(=O)N1CCCC[C@H]1CCO. The van der Waals surface area contributed by atoms with E-state index in [0.717, 1.165) is 25.8 Å². The highest BCUT2D eigenvalue weighted by molar-refractivity contribution is 8.26. The smallest absolute Gasteiger partial charge is 0.266 e. The van der Waals surface area contributed by atoms with Gasteiger partial charge in [0.15, 0.2) is 0 Å². The van der Waals surface area contributed by atoms with Crippen LogP contribution in [0.5, 0.6) is 0 Å². The zero-order chi connectivity index (χ0) is 20.8. The molecule has 29 heavy (non-hydrogen) atoms. The van der Waals surface area contributed by atoms with Crippen LogP contribution in [-0.2, 0) is 9.59 Å². The Labute approximate surface area is 179 Å². The maximum Gasteiger partial charge on any atom is 0.266 e. The van der Waals surface area contributed by atoms with Gasteiger partial charge in [0.1, 0.15) is 10.1 Å². The molecule has 0 spiro atoms. The third-order valence-corrected chi connectivity index (χ3v) is 6.58. The fraction of sp³-hybridized carbons (Fsp3) is 0.476. The molecular formula is C21H25FN2O3S2. The highest BCUT2D eigenvalue weighted by Gasteiger charge is 2.32. The minimum atomic E-state index is -0.357. The number of benzene rings is 1. The molecule has 2 heterocycles. The van der Waals surface area contributed by atoms with Gasteiger partial charge in [-0.05, 0) is 55.9 Å². The van der Waals surface area contributed by atoms with Gasteiger partial charge in [0.05, 0.1) is 4.91 Å². The van der Waals surface area contributed by atoms with E-state index in [2.05, 4.69) is 0 Å². The Bertz CT molecular complexity index is 813. The number of nitrogens with zero attached hydrogens (tertiary/aromatic N) is 2. The summed E-state index contributed by atoms with van der Waals surface area (Å²) in [5.41, 5.74) is 0.612. The molecule has 0 bridgehead atoms. The number of aliphatic hydroxyl groups is 1. The molecule has 2 aliphatic heterocycles. The molecule has 5 nitrogen and oxygen atoms in total. The maximum absolute atomic E-state index is 13.4. The lowest BCUT2D eigenvalue weighted by molar-refractivity contribution is -0.135. The number of aliphatic hydroxyl groups excluding tert-OH is 1. The molecule has 156 valence electrons. The van der Waals surface area contributed by atoms with Crippen molar-refractivity contribution < 1.29 is 19.1 Å². The van der Waals surface area contributed by atoms with Gasteiger partial charge >= 0.3 is 0 Å². The van der Waals surface area contributed by atoms with E-state index in [4.69, 9.17) is 12.2 Å². The molecule has 2 aliphatic rings. The Balaban J connectivity index is 1.54. The van der Waals surface area contributed by atoms with Gasteiger partial charge in [-0.15, -0.1) is 0 Å². The lowest BCUT2D eigenvalue weighted by Crippen LogP contribution is -2.44. The molecule has 3 rings (SSSR count). The minimum absolute atomic E-state index is 0.0730. The third-order valence-electron chi connectivity index (χ3n) is 5.20. The van der Waals surface area contributed by atoms with Crippen LogP contribution in [0.1, 0.15) is 44.1 Å². The van der Waals surface area contributed by atoms with E-state index in [1.165, 1.54) is 28.8 Å². The Morgan fingerprint density at radius 2 is 2.21 bits per heavy atom. The molecule has 2 saturated heterocycles. The van der Waals surface area contributed by atoms with Gasteiger partial charge in [-0.25, -0.2) is 4.39 Å². The summed E-state index contributed by atoms with van der Waals surface area (Å²) in [4.78, 5) is 29.1. The number of carbonyl (C=O) groups excluding carboxylic acids is 2. The first-order valence-corrected chi connectivity index (χ1v) is 11.1. The van der Waals surface area contributed by atoms with Gasteiger partial charge in [0.2, 0.25) is 5.91 Å². The Morgan fingerprint density at radius 1 is 1.38 bits per heavy atom. The number of halogens is 1. The van der Waals surface area contributed by atoms with Crippen LogP contribution in [-0.4, -0.2) is 56.8 Å². The monoisotopic (exact) mass is 436 g/mol. The quantitative estimate of drug-likeness (QED) is 0.523. The predicted octanol–water partition coefficient (Wildman–Crippen LogP) is 3.57. The van der Waals surface area contributed by atoms with Crippen molar-refractivity contribution in [3.8, 4) is 0 Å². The fourth-order valence-electron chi connectivity index (χ4n) is 3.75. The number of hydrogen-bond acceptors (Lipinski definition) is 5. The second kappa shape index (κ2) is 10.3. The number of thiocarbonyl (C=S) groups is 1. The van der Waals surface area contributed by atoms with Crippen molar-refractivity contribution >= 4 is 46.2 Å². The van der Waals surface area contributed by atoms with E-state index < -0.39 is 0 Å². The molecule has 2 amide bonds. The molecule has 0 radical (unpaired) electrons. The van der Waals surface area contributed by atoms with E-state index in [9.17, 15) is 19.1 Å². The molecular weight excluding hydrogens is 411 g/mol. The summed E-state index contributed by atoms with van der Waals surface area (Å²) in [5, 5.41) is 9.22. The Kier molecular flexibility index (Phi) is 7.80. The molecule has 0 unspecified atom stereocenters. The summed E-state index contributed by atoms with van der Waals surface area (Å²) >= 11 is 6.52. The largest absolute Gasteiger partial charge is 0.396 e. The molecule has 0 aliphatic carbocycles. The number of carbonyl (C=O) groups is 2. The fourth-order valence-corrected chi connectivity index (χ4v) is 5.06. The van der Waals surface area contributed by atoms with Crippen LogP contribution in [0.4, 0.5) is 4.39 Å². The van der Waals surface area contributed by atoms with Gasteiger partial charge < -0.3 is 10.0 Å². The van der Waals surface area contributed by atoms with Gasteiger partial charge in [-0.3, -0.25) is 14.5 Å². The standard InChI is InChI=1S/C21H25FN2O3S2/c22-16-6-3-5-15(13-16)14-18-20(27)24(21(28)29-18)11-4-8-19(26)23-10-2-1-7-17(23)9-12-25/h3,5-6,13-14,17,25H,1-2,4,7-12H2/b18-14-/t17-/m0/s1. The van der Waals surface area contributed by atoms with Crippen LogP contribution in [0.2, 0.25) is 0 Å². The minimum Gasteiger partial charge on any atom is -0.396 e. The first kappa shape index (κ1) is 21.9. The van der Waals surface area contributed by atoms with E-state index in [1.807, 2.05) is 4.90 Å². The summed E-state index contributed by atoms with van der Waals surface area (Å²) in [5.74, 6) is -0.485. The van der Waals surface area contributed by atoms with Crippen molar-refractivity contribution in [3.05, 3.63) is 40.6 Å². The van der Waals surface area contributed by atoms with E-state index >= 15 is 0 Å². The number of amides is 2. The first-order chi connectivity index (χ1) is 14.0. The maximum atomic E-state index is 13.4. The summed E-state index contributed by atoms with van der Waals surface area (Å²) in [7, 11) is 0. The topological polar surface area (TPSA) is 60.9 Å². The highest BCUT2D eigenvalue weighted by atomic mass is 32.2. The van der Waals surface area contributed by atoms with Crippen LogP contribution in [0, 0.1) is 5.82 Å². The van der Waals surface area contributed by atoms with Crippen molar-refractivity contribution in [1.29, 1.82) is 0 Å². The summed E-state index contributed by atoms with van der Waals surface area (Å²) in [6.45, 7) is 1.21. The lowest BCUT2D eigenvalue weighted by atomic mass is 9.99. The van der Waals surface area contributed by atoms with Gasteiger partial charge in [0.25, 0.3) is 5.91 Å². The lowest BCUT2D eigenvalue weighted by Gasteiger charge is -2.35. The van der Waals surface area contributed by atoms with E-state index in [1.54, 1.807) is 18.2 Å². The van der Waals surface area contributed by atoms with E-state index in [0.29, 0.717) is 40.6 Å². The molecule has 1 atom stereocenters. The summed E-state index contributed by atoms with van der Waals surface area (Å²) < 4.78 is 13.8. The number of hydrogen-bond donors (Lipinski definition) is 1. The normalized spacial score (nSPS) is 21.3. The zero-order valence-corrected chi connectivity index (χ0v) is 17.8. The number of thioether (sulfide) groups is 1. The number of piperidine rings is 1. The molecule has 0 saturated carbocycles.